The molecule has 4 aliphatic rings. The first-order valence-corrected chi connectivity index (χ1v) is 7.70. The van der Waals surface area contributed by atoms with Crippen LogP contribution in [-0.4, -0.2) is 21.1 Å². The number of H-pyrrole nitrogens is 1. The molecule has 0 aliphatic heterocycles. The van der Waals surface area contributed by atoms with E-state index in [0.29, 0.717) is 12.0 Å². The molecule has 20 heavy (non-hydrogen) atoms. The number of carbonyl (C=O) groups excluding carboxylic acids is 1. The van der Waals surface area contributed by atoms with Crippen LogP contribution in [0.25, 0.3) is 0 Å². The number of aromatic amines is 1. The SMILES string of the molecule is CC12CC3CC(C1)CC(C(=O)NCc1ncn[nH]1)(C3)C2. The molecule has 2 unspecified atom stereocenters. The summed E-state index contributed by atoms with van der Waals surface area (Å²) < 4.78 is 0. The maximum absolute atomic E-state index is 12.8. The number of aromatic nitrogens is 3. The molecule has 2 N–H and O–H groups in total. The van der Waals surface area contributed by atoms with Gasteiger partial charge in [-0.3, -0.25) is 9.89 Å². The van der Waals surface area contributed by atoms with Crippen molar-refractivity contribution in [3.05, 3.63) is 12.2 Å². The summed E-state index contributed by atoms with van der Waals surface area (Å²) in [6.07, 6.45) is 8.78. The van der Waals surface area contributed by atoms with E-state index in [-0.39, 0.29) is 11.3 Å². The molecule has 4 aliphatic carbocycles. The molecule has 1 heterocycles. The number of hydrogen-bond acceptors (Lipinski definition) is 3. The molecule has 0 aromatic carbocycles. The van der Waals surface area contributed by atoms with Gasteiger partial charge in [0.1, 0.15) is 12.2 Å². The van der Waals surface area contributed by atoms with Gasteiger partial charge in [-0.25, -0.2) is 4.98 Å². The zero-order valence-corrected chi connectivity index (χ0v) is 12.0. The molecule has 4 bridgehead atoms. The Labute approximate surface area is 118 Å². The van der Waals surface area contributed by atoms with Gasteiger partial charge in [0.15, 0.2) is 0 Å². The third-order valence-corrected chi connectivity index (χ3v) is 5.72. The van der Waals surface area contributed by atoms with Gasteiger partial charge in [-0.1, -0.05) is 6.92 Å². The van der Waals surface area contributed by atoms with Crippen molar-refractivity contribution in [3.63, 3.8) is 0 Å². The van der Waals surface area contributed by atoms with Gasteiger partial charge in [0.25, 0.3) is 0 Å². The van der Waals surface area contributed by atoms with E-state index in [2.05, 4.69) is 27.4 Å². The first kappa shape index (κ1) is 12.4. The van der Waals surface area contributed by atoms with E-state index in [4.69, 9.17) is 0 Å². The largest absolute Gasteiger partial charge is 0.348 e. The first-order valence-electron chi connectivity index (χ1n) is 7.70. The van der Waals surface area contributed by atoms with Crippen LogP contribution in [0.3, 0.4) is 0 Å². The second kappa shape index (κ2) is 4.06. The van der Waals surface area contributed by atoms with Gasteiger partial charge < -0.3 is 5.32 Å². The Morgan fingerprint density at radius 3 is 2.75 bits per heavy atom. The predicted octanol–water partition coefficient (Wildman–Crippen LogP) is 2.03. The van der Waals surface area contributed by atoms with Gasteiger partial charge in [0, 0.05) is 0 Å². The average Bonchev–Trinajstić information content (AvgIpc) is 2.85. The third kappa shape index (κ3) is 1.86. The van der Waals surface area contributed by atoms with Crippen molar-refractivity contribution >= 4 is 5.91 Å². The lowest BCUT2D eigenvalue weighted by molar-refractivity contribution is -0.155. The number of amides is 1. The minimum absolute atomic E-state index is 0.0984. The topological polar surface area (TPSA) is 70.7 Å². The molecule has 5 rings (SSSR count). The van der Waals surface area contributed by atoms with Crippen molar-refractivity contribution < 1.29 is 4.79 Å². The summed E-state index contributed by atoms with van der Waals surface area (Å²) in [7, 11) is 0. The van der Waals surface area contributed by atoms with E-state index in [0.717, 1.165) is 36.9 Å². The van der Waals surface area contributed by atoms with E-state index >= 15 is 0 Å². The summed E-state index contributed by atoms with van der Waals surface area (Å²) in [4.78, 5) is 16.8. The lowest BCUT2D eigenvalue weighted by Gasteiger charge is -2.60. The Bertz CT molecular complexity index is 510. The average molecular weight is 274 g/mol. The first-order chi connectivity index (χ1) is 9.57. The molecule has 4 fully saturated rings. The molecular formula is C15H22N4O. The number of nitrogens with zero attached hydrogens (tertiary/aromatic N) is 2. The molecule has 1 aromatic rings. The molecule has 5 heteroatoms. The maximum Gasteiger partial charge on any atom is 0.226 e. The molecule has 108 valence electrons. The quantitative estimate of drug-likeness (QED) is 0.886. The lowest BCUT2D eigenvalue weighted by atomic mass is 9.44. The summed E-state index contributed by atoms with van der Waals surface area (Å²) in [6, 6.07) is 0. The highest BCUT2D eigenvalue weighted by Gasteiger charge is 2.58. The summed E-state index contributed by atoms with van der Waals surface area (Å²) in [6.45, 7) is 2.86. The highest BCUT2D eigenvalue weighted by molar-refractivity contribution is 5.83. The second-order valence-electron chi connectivity index (χ2n) is 7.67. The summed E-state index contributed by atoms with van der Waals surface area (Å²) in [5.74, 6) is 2.53. The van der Waals surface area contributed by atoms with Crippen LogP contribution in [0, 0.1) is 22.7 Å². The van der Waals surface area contributed by atoms with Crippen LogP contribution in [0.4, 0.5) is 0 Å². The van der Waals surface area contributed by atoms with E-state index in [1.807, 2.05) is 0 Å². The molecule has 2 atom stereocenters. The summed E-state index contributed by atoms with van der Waals surface area (Å²) >= 11 is 0. The van der Waals surface area contributed by atoms with Crippen LogP contribution < -0.4 is 5.32 Å². The smallest absolute Gasteiger partial charge is 0.226 e. The van der Waals surface area contributed by atoms with Gasteiger partial charge in [0.05, 0.1) is 12.0 Å². The minimum Gasteiger partial charge on any atom is -0.348 e. The fraction of sp³-hybridized carbons (Fsp3) is 0.800. The van der Waals surface area contributed by atoms with Crippen LogP contribution in [0.15, 0.2) is 6.33 Å². The van der Waals surface area contributed by atoms with E-state index < -0.39 is 0 Å². The highest BCUT2D eigenvalue weighted by atomic mass is 16.2. The van der Waals surface area contributed by atoms with Crippen molar-refractivity contribution in [1.29, 1.82) is 0 Å². The van der Waals surface area contributed by atoms with Gasteiger partial charge in [0.2, 0.25) is 5.91 Å². The highest BCUT2D eigenvalue weighted by Crippen LogP contribution is 2.65. The van der Waals surface area contributed by atoms with Gasteiger partial charge in [-0.15, -0.1) is 0 Å². The van der Waals surface area contributed by atoms with Crippen molar-refractivity contribution in [2.75, 3.05) is 0 Å². The van der Waals surface area contributed by atoms with Crippen LogP contribution in [0.2, 0.25) is 0 Å². The number of rotatable bonds is 3. The van der Waals surface area contributed by atoms with Crippen LogP contribution in [-0.2, 0) is 11.3 Å². The fourth-order valence-corrected chi connectivity index (χ4v) is 5.65. The van der Waals surface area contributed by atoms with E-state index in [9.17, 15) is 4.79 Å². The second-order valence-corrected chi connectivity index (χ2v) is 7.67. The Hall–Kier alpha value is -1.39. The van der Waals surface area contributed by atoms with Crippen LogP contribution in [0.5, 0.6) is 0 Å². The zero-order chi connectivity index (χ0) is 13.8. The monoisotopic (exact) mass is 274 g/mol. The standard InChI is InChI=1S/C15H22N4O/c1-14-3-10-2-11(4-14)6-15(5-10,8-14)13(20)16-7-12-17-9-18-19-12/h9-11H,2-8H2,1H3,(H,16,20)(H,17,18,19). The van der Waals surface area contributed by atoms with E-state index in [1.54, 1.807) is 0 Å². The molecule has 0 radical (unpaired) electrons. The predicted molar refractivity (Wildman–Crippen MR) is 73.5 cm³/mol. The van der Waals surface area contributed by atoms with Crippen molar-refractivity contribution in [2.24, 2.45) is 22.7 Å². The van der Waals surface area contributed by atoms with Crippen molar-refractivity contribution in [3.8, 4) is 0 Å². The Morgan fingerprint density at radius 1 is 1.40 bits per heavy atom. The lowest BCUT2D eigenvalue weighted by Crippen LogP contribution is -2.56. The third-order valence-electron chi connectivity index (χ3n) is 5.72. The summed E-state index contributed by atoms with van der Waals surface area (Å²) in [5.41, 5.74) is 0.312. The van der Waals surface area contributed by atoms with Gasteiger partial charge in [-0.2, -0.15) is 5.10 Å². The molecule has 1 aromatic heterocycles. The Kier molecular flexibility index (Phi) is 2.51. The van der Waals surface area contributed by atoms with Gasteiger partial charge in [-0.05, 0) is 55.8 Å². The van der Waals surface area contributed by atoms with Crippen LogP contribution >= 0.6 is 0 Å². The minimum atomic E-state index is -0.0984. The molecule has 5 nitrogen and oxygen atoms in total. The summed E-state index contributed by atoms with van der Waals surface area (Å²) in [5, 5.41) is 9.70. The van der Waals surface area contributed by atoms with Gasteiger partial charge >= 0.3 is 0 Å². The van der Waals surface area contributed by atoms with Crippen LogP contribution in [0.1, 0.15) is 51.3 Å². The van der Waals surface area contributed by atoms with Crippen molar-refractivity contribution in [1.82, 2.24) is 20.5 Å². The molecule has 0 saturated heterocycles. The fourth-order valence-electron chi connectivity index (χ4n) is 5.65. The number of carbonyl (C=O) groups is 1. The molecule has 1 amide bonds. The van der Waals surface area contributed by atoms with E-state index in [1.165, 1.54) is 25.6 Å². The van der Waals surface area contributed by atoms with Crippen molar-refractivity contribution in [2.45, 2.75) is 52.0 Å². The number of nitrogens with one attached hydrogen (secondary N) is 2. The normalized spacial score (nSPS) is 41.9. The molecule has 4 saturated carbocycles. The maximum atomic E-state index is 12.8. The Balaban J connectivity index is 1.51. The zero-order valence-electron chi connectivity index (χ0n) is 12.0. The molecule has 0 spiro atoms. The molecular weight excluding hydrogens is 252 g/mol. The number of hydrogen-bond donors (Lipinski definition) is 2. The Morgan fingerprint density at radius 2 is 2.15 bits per heavy atom.